The van der Waals surface area contributed by atoms with Crippen LogP contribution in [0.5, 0.6) is 5.88 Å². The molecule has 2 heterocycles. The fourth-order valence-corrected chi connectivity index (χ4v) is 0.898. The second-order valence-corrected chi connectivity index (χ2v) is 2.98. The van der Waals surface area contributed by atoms with Gasteiger partial charge in [0, 0.05) is 18.8 Å². The summed E-state index contributed by atoms with van der Waals surface area (Å²) in [7, 11) is 1.55. The minimum atomic E-state index is -0.287. The molecule has 0 aromatic carbocycles. The summed E-state index contributed by atoms with van der Waals surface area (Å²) in [5.41, 5.74) is 0.507. The highest BCUT2D eigenvalue weighted by Crippen LogP contribution is 1.96. The Labute approximate surface area is 114 Å². The van der Waals surface area contributed by atoms with Crippen LogP contribution in [0.4, 0.5) is 0 Å². The Morgan fingerprint density at radius 3 is 1.63 bits per heavy atom. The maximum Gasteiger partial charge on any atom is 0.267 e. The Bertz CT molecular complexity index is 511. The molecule has 114 valence electrons. The van der Waals surface area contributed by atoms with Gasteiger partial charge in [-0.2, -0.15) is 0 Å². The zero-order chi connectivity index (χ0) is 11.4. The van der Waals surface area contributed by atoms with E-state index >= 15 is 0 Å². The highest BCUT2D eigenvalue weighted by molar-refractivity contribution is 5.03. The average molecular weight is 276 g/mol. The third-order valence-electron chi connectivity index (χ3n) is 1.61. The molecule has 7 nitrogen and oxygen atoms in total. The second kappa shape index (κ2) is 10.9. The number of H-pyrrole nitrogens is 3. The summed E-state index contributed by atoms with van der Waals surface area (Å²) in [6.45, 7) is 1.82. The molecule has 0 radical (unpaired) electrons. The molecule has 0 aliphatic carbocycles. The first kappa shape index (κ1) is 25.6. The molecule has 0 amide bonds. The first-order valence-corrected chi connectivity index (χ1v) is 4.18. The molecule has 7 heteroatoms. The molecule has 0 spiro atoms. The van der Waals surface area contributed by atoms with Gasteiger partial charge in [0.1, 0.15) is 0 Å². The number of hydrogen-bond donors (Lipinski definition) is 4. The summed E-state index contributed by atoms with van der Waals surface area (Å²) in [6.07, 6.45) is 0. The third-order valence-corrected chi connectivity index (χ3v) is 1.61. The third kappa shape index (κ3) is 8.53. The van der Waals surface area contributed by atoms with Gasteiger partial charge in [-0.3, -0.25) is 24.5 Å². The van der Waals surface area contributed by atoms with E-state index < -0.39 is 0 Å². The van der Waals surface area contributed by atoms with E-state index in [-0.39, 0.29) is 46.7 Å². The van der Waals surface area contributed by atoms with Gasteiger partial charge in [0.25, 0.3) is 11.1 Å². The fraction of sp³-hybridized carbons (Fsp3) is 0.500. The maximum absolute atomic E-state index is 10.3. The van der Waals surface area contributed by atoms with Gasteiger partial charge in [-0.05, 0) is 6.92 Å². The molecule has 2 rings (SSSR count). The van der Waals surface area contributed by atoms with Crippen molar-refractivity contribution in [1.82, 2.24) is 20.0 Å². The van der Waals surface area contributed by atoms with Gasteiger partial charge in [-0.25, -0.2) is 0 Å². The molecule has 0 saturated carbocycles. The number of hydrogen-bond acceptors (Lipinski definition) is 3. The summed E-state index contributed by atoms with van der Waals surface area (Å²) in [5, 5.41) is 16.0. The number of nitrogens with one attached hydrogen (secondary N) is 3. The Kier molecular flexibility index (Phi) is 14.8. The molecule has 4 N–H and O–H groups in total. The average Bonchev–Trinajstić information content (AvgIpc) is 2.61. The molecular weight excluding hydrogens is 248 g/mol. The van der Waals surface area contributed by atoms with E-state index in [4.69, 9.17) is 5.11 Å². The van der Waals surface area contributed by atoms with Crippen LogP contribution < -0.4 is 11.1 Å². The van der Waals surface area contributed by atoms with Crippen molar-refractivity contribution < 1.29 is 5.11 Å². The Morgan fingerprint density at radius 2 is 1.53 bits per heavy atom. The van der Waals surface area contributed by atoms with E-state index in [9.17, 15) is 9.59 Å². The molecule has 0 aliphatic heterocycles. The number of aromatic nitrogens is 4. The van der Waals surface area contributed by atoms with E-state index in [1.54, 1.807) is 7.05 Å². The smallest absolute Gasteiger partial charge is 0.267 e. The van der Waals surface area contributed by atoms with Gasteiger partial charge in [0.05, 0.1) is 6.07 Å². The molecule has 19 heavy (non-hydrogen) atoms. The predicted octanol–water partition coefficient (Wildman–Crippen LogP) is 1.97. The molecular formula is C12H28N4O3. The largest absolute Gasteiger partial charge is 0.493 e. The maximum atomic E-state index is 10.3. The van der Waals surface area contributed by atoms with Crippen molar-refractivity contribution in [2.75, 3.05) is 0 Å². The van der Waals surface area contributed by atoms with Crippen LogP contribution in [-0.2, 0) is 7.05 Å². The quantitative estimate of drug-likeness (QED) is 0.591. The topological polar surface area (TPSA) is 107 Å². The Balaban J connectivity index is -0.0000000983. The van der Waals surface area contributed by atoms with E-state index in [1.165, 1.54) is 10.7 Å². The van der Waals surface area contributed by atoms with Gasteiger partial charge in [-0.15, -0.1) is 0 Å². The van der Waals surface area contributed by atoms with Crippen LogP contribution in [0.1, 0.15) is 35.4 Å². The molecule has 0 saturated heterocycles. The van der Waals surface area contributed by atoms with Crippen LogP contribution in [0.25, 0.3) is 0 Å². The van der Waals surface area contributed by atoms with Crippen molar-refractivity contribution in [3.63, 3.8) is 0 Å². The highest BCUT2D eigenvalue weighted by atomic mass is 16.3. The minimum absolute atomic E-state index is 0. The van der Waals surface area contributed by atoms with Gasteiger partial charge in [0.2, 0.25) is 5.88 Å². The molecule has 0 bridgehead atoms. The Hall–Kier alpha value is -2.18. The Morgan fingerprint density at radius 1 is 1.00 bits per heavy atom. The van der Waals surface area contributed by atoms with Crippen LogP contribution >= 0.6 is 0 Å². The van der Waals surface area contributed by atoms with Crippen LogP contribution in [0, 0.1) is 6.92 Å². The lowest BCUT2D eigenvalue weighted by atomic mass is 10.5. The molecule has 2 aromatic rings. The predicted molar refractivity (Wildman–Crippen MR) is 80.8 cm³/mol. The van der Waals surface area contributed by atoms with Crippen LogP contribution in [-0.4, -0.2) is 25.1 Å². The van der Waals surface area contributed by atoms with Gasteiger partial charge < -0.3 is 10.2 Å². The van der Waals surface area contributed by atoms with Crippen LogP contribution in [0.2, 0.25) is 0 Å². The SMILES string of the molecule is C.C.C.C.Cc1cc(=O)[nH][nH]1.Cn1[nH]c(=O)cc1O. The lowest BCUT2D eigenvalue weighted by Gasteiger charge is -1.87. The first-order valence-electron chi connectivity index (χ1n) is 4.18. The van der Waals surface area contributed by atoms with Crippen molar-refractivity contribution in [3.05, 3.63) is 38.5 Å². The van der Waals surface area contributed by atoms with Crippen molar-refractivity contribution in [2.45, 2.75) is 36.6 Å². The standard InChI is InChI=1S/C4H6N2O2.C4H6N2O.4CH4/c1-6-4(8)2-3(7)5-6;1-3-2-4(7)6-5-3;;;;/h2,8H,1H3,(H,5,7);2H,1H3,(H2,5,6,7);4*1H4. The zero-order valence-corrected chi connectivity index (χ0v) is 8.37. The van der Waals surface area contributed by atoms with E-state index in [0.29, 0.717) is 0 Å². The fourth-order valence-electron chi connectivity index (χ4n) is 0.898. The zero-order valence-electron chi connectivity index (χ0n) is 8.37. The number of nitrogens with zero attached hydrogens (tertiary/aromatic N) is 1. The van der Waals surface area contributed by atoms with E-state index in [0.717, 1.165) is 11.8 Å². The van der Waals surface area contributed by atoms with E-state index in [1.807, 2.05) is 6.92 Å². The monoisotopic (exact) mass is 276 g/mol. The van der Waals surface area contributed by atoms with Crippen molar-refractivity contribution in [3.8, 4) is 5.88 Å². The molecule has 2 aromatic heterocycles. The first-order chi connectivity index (χ1) is 6.99. The molecule has 0 fully saturated rings. The van der Waals surface area contributed by atoms with Gasteiger partial charge >= 0.3 is 0 Å². The second-order valence-electron chi connectivity index (χ2n) is 2.98. The van der Waals surface area contributed by atoms with Crippen molar-refractivity contribution in [1.29, 1.82) is 0 Å². The summed E-state index contributed by atoms with van der Waals surface area (Å²) in [6, 6.07) is 2.61. The van der Waals surface area contributed by atoms with Crippen molar-refractivity contribution >= 4 is 0 Å². The molecule has 0 unspecified atom stereocenters. The summed E-state index contributed by atoms with van der Waals surface area (Å²) >= 11 is 0. The number of aromatic hydroxyl groups is 1. The van der Waals surface area contributed by atoms with E-state index in [2.05, 4.69) is 15.3 Å². The van der Waals surface area contributed by atoms with Crippen LogP contribution in [0.3, 0.4) is 0 Å². The number of rotatable bonds is 0. The summed E-state index contributed by atoms with van der Waals surface area (Å²) < 4.78 is 1.24. The summed E-state index contributed by atoms with van der Waals surface area (Å²) in [5.74, 6) is -0.0463. The van der Waals surface area contributed by atoms with Gasteiger partial charge in [-0.1, -0.05) is 29.7 Å². The summed E-state index contributed by atoms with van der Waals surface area (Å²) in [4.78, 5) is 20.5. The lowest BCUT2D eigenvalue weighted by molar-refractivity contribution is 0.419. The number of aryl methyl sites for hydroxylation is 2. The van der Waals surface area contributed by atoms with Crippen LogP contribution in [0.15, 0.2) is 21.7 Å². The van der Waals surface area contributed by atoms with Gasteiger partial charge in [0.15, 0.2) is 0 Å². The van der Waals surface area contributed by atoms with Crippen molar-refractivity contribution in [2.24, 2.45) is 7.05 Å². The highest BCUT2D eigenvalue weighted by Gasteiger charge is 1.92. The molecule has 0 aliphatic rings. The number of aromatic amines is 3. The molecule has 0 atom stereocenters. The lowest BCUT2D eigenvalue weighted by Crippen LogP contribution is -2.00. The minimum Gasteiger partial charge on any atom is -0.493 e. The normalized spacial score (nSPS) is 7.47.